The molecule has 0 saturated heterocycles. The summed E-state index contributed by atoms with van der Waals surface area (Å²) in [5.41, 5.74) is -0.0200. The SMILES string of the molecule is O=C(O)c1ccnc(Sc2ccccn2)n1. The number of rotatable bonds is 3. The Balaban J connectivity index is 2.22. The molecule has 0 aliphatic carbocycles. The highest BCUT2D eigenvalue weighted by Gasteiger charge is 2.07. The second kappa shape index (κ2) is 4.71. The molecule has 6 heteroatoms. The molecular weight excluding hydrogens is 226 g/mol. The van der Waals surface area contributed by atoms with Crippen molar-refractivity contribution in [3.63, 3.8) is 0 Å². The maximum atomic E-state index is 10.7. The minimum absolute atomic E-state index is 0.0200. The Morgan fingerprint density at radius 2 is 2.06 bits per heavy atom. The quantitative estimate of drug-likeness (QED) is 0.813. The second-order valence-electron chi connectivity index (χ2n) is 2.80. The van der Waals surface area contributed by atoms with Gasteiger partial charge in [0.05, 0.1) is 0 Å². The number of nitrogens with zero attached hydrogens (tertiary/aromatic N) is 3. The lowest BCUT2D eigenvalue weighted by atomic mass is 10.4. The van der Waals surface area contributed by atoms with Crippen molar-refractivity contribution in [2.75, 3.05) is 0 Å². The summed E-state index contributed by atoms with van der Waals surface area (Å²) in [6, 6.07) is 6.81. The normalized spacial score (nSPS) is 10.0. The van der Waals surface area contributed by atoms with E-state index in [-0.39, 0.29) is 5.69 Å². The van der Waals surface area contributed by atoms with Crippen molar-refractivity contribution in [2.24, 2.45) is 0 Å². The van der Waals surface area contributed by atoms with Crippen LogP contribution in [-0.2, 0) is 0 Å². The number of carboxylic acid groups (broad SMARTS) is 1. The Bertz CT molecular complexity index is 504. The number of hydrogen-bond acceptors (Lipinski definition) is 5. The fourth-order valence-corrected chi connectivity index (χ4v) is 1.71. The largest absolute Gasteiger partial charge is 0.477 e. The van der Waals surface area contributed by atoms with Crippen LogP contribution in [0, 0.1) is 0 Å². The van der Waals surface area contributed by atoms with Gasteiger partial charge >= 0.3 is 5.97 Å². The summed E-state index contributed by atoms with van der Waals surface area (Å²) in [4.78, 5) is 22.6. The van der Waals surface area contributed by atoms with Gasteiger partial charge in [0.2, 0.25) is 0 Å². The van der Waals surface area contributed by atoms with E-state index in [1.807, 2.05) is 12.1 Å². The molecule has 0 radical (unpaired) electrons. The molecule has 0 aliphatic rings. The molecule has 0 unspecified atom stereocenters. The third-order valence-electron chi connectivity index (χ3n) is 1.69. The highest BCUT2D eigenvalue weighted by atomic mass is 32.2. The first kappa shape index (κ1) is 10.6. The molecule has 80 valence electrons. The van der Waals surface area contributed by atoms with Gasteiger partial charge in [-0.1, -0.05) is 6.07 Å². The van der Waals surface area contributed by atoms with Crippen LogP contribution in [0.15, 0.2) is 46.8 Å². The lowest BCUT2D eigenvalue weighted by molar-refractivity contribution is 0.0689. The number of aromatic carboxylic acids is 1. The second-order valence-corrected chi connectivity index (χ2v) is 3.79. The van der Waals surface area contributed by atoms with Crippen molar-refractivity contribution >= 4 is 17.7 Å². The zero-order chi connectivity index (χ0) is 11.4. The van der Waals surface area contributed by atoms with Crippen molar-refractivity contribution < 1.29 is 9.90 Å². The van der Waals surface area contributed by atoms with Gasteiger partial charge in [0.15, 0.2) is 10.9 Å². The van der Waals surface area contributed by atoms with Gasteiger partial charge in [0.25, 0.3) is 0 Å². The molecule has 0 saturated carbocycles. The van der Waals surface area contributed by atoms with E-state index >= 15 is 0 Å². The molecular formula is C10H7N3O2S. The highest BCUT2D eigenvalue weighted by Crippen LogP contribution is 2.21. The number of pyridine rings is 1. The van der Waals surface area contributed by atoms with Crippen LogP contribution in [0.3, 0.4) is 0 Å². The van der Waals surface area contributed by atoms with Gasteiger partial charge in [-0.3, -0.25) is 0 Å². The molecule has 0 amide bonds. The molecule has 0 fully saturated rings. The van der Waals surface area contributed by atoms with Crippen molar-refractivity contribution in [1.29, 1.82) is 0 Å². The molecule has 2 heterocycles. The van der Waals surface area contributed by atoms with Crippen molar-refractivity contribution in [1.82, 2.24) is 15.0 Å². The summed E-state index contributed by atoms with van der Waals surface area (Å²) in [6.07, 6.45) is 3.07. The van der Waals surface area contributed by atoms with Gasteiger partial charge in [-0.2, -0.15) is 0 Å². The first-order chi connectivity index (χ1) is 7.75. The summed E-state index contributed by atoms with van der Waals surface area (Å²) >= 11 is 1.22. The molecule has 16 heavy (non-hydrogen) atoms. The van der Waals surface area contributed by atoms with Gasteiger partial charge < -0.3 is 5.11 Å². The average molecular weight is 233 g/mol. The van der Waals surface area contributed by atoms with E-state index in [0.717, 1.165) is 5.03 Å². The molecule has 0 bridgehead atoms. The van der Waals surface area contributed by atoms with Gasteiger partial charge in [-0.15, -0.1) is 0 Å². The van der Waals surface area contributed by atoms with E-state index in [4.69, 9.17) is 5.11 Å². The monoisotopic (exact) mass is 233 g/mol. The summed E-state index contributed by atoms with van der Waals surface area (Å²) in [5.74, 6) is -1.06. The summed E-state index contributed by atoms with van der Waals surface area (Å²) < 4.78 is 0. The third kappa shape index (κ3) is 2.54. The Labute approximate surface area is 95.6 Å². The van der Waals surface area contributed by atoms with Crippen LogP contribution >= 0.6 is 11.8 Å². The number of carboxylic acids is 1. The Hall–Kier alpha value is -1.95. The first-order valence-corrected chi connectivity index (χ1v) is 5.22. The summed E-state index contributed by atoms with van der Waals surface area (Å²) in [6.45, 7) is 0. The highest BCUT2D eigenvalue weighted by molar-refractivity contribution is 7.99. The number of hydrogen-bond donors (Lipinski definition) is 1. The predicted octanol–water partition coefficient (Wildman–Crippen LogP) is 1.72. The first-order valence-electron chi connectivity index (χ1n) is 4.41. The van der Waals surface area contributed by atoms with E-state index < -0.39 is 5.97 Å². The molecule has 0 aliphatic heterocycles. The molecule has 2 aromatic heterocycles. The summed E-state index contributed by atoms with van der Waals surface area (Å²) in [5, 5.41) is 9.86. The smallest absolute Gasteiger partial charge is 0.354 e. The van der Waals surface area contributed by atoms with Gasteiger partial charge in [0, 0.05) is 12.4 Å². The third-order valence-corrected chi connectivity index (χ3v) is 2.52. The van der Waals surface area contributed by atoms with Crippen molar-refractivity contribution in [3.8, 4) is 0 Å². The standard InChI is InChI=1S/C10H7N3O2S/c14-9(15)7-4-6-12-10(13-7)16-8-3-1-2-5-11-8/h1-6H,(H,14,15). The Morgan fingerprint density at radius 1 is 1.19 bits per heavy atom. The zero-order valence-corrected chi connectivity index (χ0v) is 8.89. The molecule has 0 aromatic carbocycles. The molecule has 2 aromatic rings. The van der Waals surface area contributed by atoms with E-state index in [1.165, 1.54) is 24.0 Å². The zero-order valence-electron chi connectivity index (χ0n) is 8.07. The lowest BCUT2D eigenvalue weighted by Crippen LogP contribution is -2.01. The molecule has 1 N–H and O–H groups in total. The van der Waals surface area contributed by atoms with Crippen LogP contribution in [0.25, 0.3) is 0 Å². The van der Waals surface area contributed by atoms with Crippen LogP contribution in [0.5, 0.6) is 0 Å². The number of carbonyl (C=O) groups is 1. The van der Waals surface area contributed by atoms with E-state index in [1.54, 1.807) is 12.3 Å². The predicted molar refractivity (Wildman–Crippen MR) is 57.4 cm³/mol. The van der Waals surface area contributed by atoms with E-state index in [2.05, 4.69) is 15.0 Å². The van der Waals surface area contributed by atoms with Crippen LogP contribution < -0.4 is 0 Å². The summed E-state index contributed by atoms with van der Waals surface area (Å²) in [7, 11) is 0. The molecule has 2 rings (SSSR count). The maximum absolute atomic E-state index is 10.7. The van der Waals surface area contributed by atoms with Crippen LogP contribution in [0.1, 0.15) is 10.5 Å². The van der Waals surface area contributed by atoms with Crippen LogP contribution in [-0.4, -0.2) is 26.0 Å². The number of aromatic nitrogens is 3. The maximum Gasteiger partial charge on any atom is 0.354 e. The topological polar surface area (TPSA) is 76.0 Å². The fourth-order valence-electron chi connectivity index (χ4n) is 1.01. The Morgan fingerprint density at radius 3 is 2.75 bits per heavy atom. The molecule has 0 atom stereocenters. The Kier molecular flexibility index (Phi) is 3.11. The molecule has 0 spiro atoms. The minimum Gasteiger partial charge on any atom is -0.477 e. The lowest BCUT2D eigenvalue weighted by Gasteiger charge is -1.99. The van der Waals surface area contributed by atoms with Crippen molar-refractivity contribution in [3.05, 3.63) is 42.4 Å². The minimum atomic E-state index is -1.06. The van der Waals surface area contributed by atoms with Crippen molar-refractivity contribution in [2.45, 2.75) is 10.2 Å². The van der Waals surface area contributed by atoms with Gasteiger partial charge in [-0.05, 0) is 30.0 Å². The van der Waals surface area contributed by atoms with Crippen LogP contribution in [0.4, 0.5) is 0 Å². The van der Waals surface area contributed by atoms with Crippen LogP contribution in [0.2, 0.25) is 0 Å². The van der Waals surface area contributed by atoms with Gasteiger partial charge in [-0.25, -0.2) is 19.7 Å². The molecule has 5 nitrogen and oxygen atoms in total. The fraction of sp³-hybridized carbons (Fsp3) is 0. The van der Waals surface area contributed by atoms with E-state index in [0.29, 0.717) is 5.16 Å². The average Bonchev–Trinajstić information content (AvgIpc) is 2.30. The van der Waals surface area contributed by atoms with Gasteiger partial charge in [0.1, 0.15) is 5.03 Å². The van der Waals surface area contributed by atoms with E-state index in [9.17, 15) is 4.79 Å².